The molecule has 0 amide bonds. The SMILES string of the molecule is C.C=C.CC.CCC(C)(C)C.Cc1ccccn1. The van der Waals surface area contributed by atoms with Crippen LogP contribution in [0.4, 0.5) is 0 Å². The Balaban J connectivity index is -0.0000000825. The lowest BCUT2D eigenvalue weighted by Crippen LogP contribution is -2.00. The molecule has 1 nitrogen and oxygen atoms in total. The summed E-state index contributed by atoms with van der Waals surface area (Å²) in [5.74, 6) is 0. The fraction of sp³-hybridized carbons (Fsp3) is 0.588. The first-order valence-electron chi connectivity index (χ1n) is 6.33. The van der Waals surface area contributed by atoms with Crippen molar-refractivity contribution in [3.8, 4) is 0 Å². The third kappa shape index (κ3) is 29.4. The van der Waals surface area contributed by atoms with Gasteiger partial charge in [0, 0.05) is 11.9 Å². The van der Waals surface area contributed by atoms with Gasteiger partial charge in [-0.05, 0) is 24.5 Å². The van der Waals surface area contributed by atoms with Crippen LogP contribution in [0.2, 0.25) is 0 Å². The van der Waals surface area contributed by atoms with Crippen LogP contribution in [0.3, 0.4) is 0 Å². The van der Waals surface area contributed by atoms with Gasteiger partial charge in [-0.3, -0.25) is 4.98 Å². The van der Waals surface area contributed by atoms with Crippen LogP contribution < -0.4 is 0 Å². The maximum absolute atomic E-state index is 3.98. The van der Waals surface area contributed by atoms with E-state index < -0.39 is 0 Å². The average molecular weight is 253 g/mol. The molecule has 0 aliphatic rings. The van der Waals surface area contributed by atoms with Gasteiger partial charge in [0.2, 0.25) is 0 Å². The Morgan fingerprint density at radius 2 is 1.50 bits per heavy atom. The summed E-state index contributed by atoms with van der Waals surface area (Å²) in [6.07, 6.45) is 3.06. The predicted octanol–water partition coefficient (Wildman–Crippen LogP) is 6.30. The van der Waals surface area contributed by atoms with Gasteiger partial charge in [-0.2, -0.15) is 0 Å². The van der Waals surface area contributed by atoms with Crippen molar-refractivity contribution in [3.63, 3.8) is 0 Å². The maximum Gasteiger partial charge on any atom is 0.0372 e. The summed E-state index contributed by atoms with van der Waals surface area (Å²) in [6, 6.07) is 5.86. The van der Waals surface area contributed by atoms with E-state index in [1.165, 1.54) is 6.42 Å². The average Bonchev–Trinajstić information content (AvgIpc) is 2.35. The summed E-state index contributed by atoms with van der Waals surface area (Å²) >= 11 is 0. The third-order valence-corrected chi connectivity index (χ3v) is 1.87. The Morgan fingerprint density at radius 1 is 1.11 bits per heavy atom. The van der Waals surface area contributed by atoms with Gasteiger partial charge in [0.15, 0.2) is 0 Å². The molecular weight excluding hydrogens is 218 g/mol. The highest BCUT2D eigenvalue weighted by atomic mass is 14.6. The molecule has 1 rings (SSSR count). The van der Waals surface area contributed by atoms with E-state index in [1.807, 2.05) is 39.0 Å². The van der Waals surface area contributed by atoms with E-state index in [1.54, 1.807) is 6.20 Å². The second-order valence-corrected chi connectivity index (χ2v) is 4.39. The molecule has 0 spiro atoms. The summed E-state index contributed by atoms with van der Waals surface area (Å²) in [5, 5.41) is 0. The van der Waals surface area contributed by atoms with Crippen LogP contribution in [0.1, 0.15) is 61.1 Å². The van der Waals surface area contributed by atoms with E-state index in [2.05, 4.69) is 45.8 Å². The van der Waals surface area contributed by atoms with Crippen LogP contribution in [0.5, 0.6) is 0 Å². The largest absolute Gasteiger partial charge is 0.262 e. The zero-order valence-electron chi connectivity index (χ0n) is 12.9. The lowest BCUT2D eigenvalue weighted by Gasteiger charge is -2.12. The second-order valence-electron chi connectivity index (χ2n) is 4.39. The number of hydrogen-bond donors (Lipinski definition) is 0. The van der Waals surface area contributed by atoms with Crippen molar-refractivity contribution in [2.24, 2.45) is 5.41 Å². The van der Waals surface area contributed by atoms with Crippen molar-refractivity contribution in [3.05, 3.63) is 43.2 Å². The standard InChI is InChI=1S/C6H7N.C6H14.C2H6.C2H4.CH4/c1-6-4-2-3-5-7-6;1-5-6(2,3)4;2*1-2;/h2-5H,1H3;5H2,1-4H3;1-2H3;1-2H2;1H4. The number of rotatable bonds is 0. The summed E-state index contributed by atoms with van der Waals surface area (Å²) in [4.78, 5) is 3.98. The summed E-state index contributed by atoms with van der Waals surface area (Å²) in [5.41, 5.74) is 1.61. The van der Waals surface area contributed by atoms with Crippen LogP contribution in [-0.2, 0) is 0 Å². The minimum atomic E-state index is 0. The number of aromatic nitrogens is 1. The Hall–Kier alpha value is -1.11. The normalized spacial score (nSPS) is 7.94. The van der Waals surface area contributed by atoms with Gasteiger partial charge in [-0.25, -0.2) is 0 Å². The van der Waals surface area contributed by atoms with Gasteiger partial charge < -0.3 is 0 Å². The smallest absolute Gasteiger partial charge is 0.0372 e. The van der Waals surface area contributed by atoms with Crippen molar-refractivity contribution >= 4 is 0 Å². The molecule has 0 bridgehead atoms. The monoisotopic (exact) mass is 253 g/mol. The van der Waals surface area contributed by atoms with Crippen molar-refractivity contribution in [1.82, 2.24) is 4.98 Å². The molecule has 1 aromatic rings. The second kappa shape index (κ2) is 18.3. The number of hydrogen-bond acceptors (Lipinski definition) is 1. The molecule has 0 aliphatic carbocycles. The maximum atomic E-state index is 3.98. The molecule has 0 atom stereocenters. The number of nitrogens with zero attached hydrogens (tertiary/aromatic N) is 1. The van der Waals surface area contributed by atoms with E-state index >= 15 is 0 Å². The minimum absolute atomic E-state index is 0. The predicted molar refractivity (Wildman–Crippen MR) is 88.1 cm³/mol. The van der Waals surface area contributed by atoms with Gasteiger partial charge in [-0.1, -0.05) is 61.5 Å². The first-order chi connectivity index (χ1) is 7.95. The van der Waals surface area contributed by atoms with Gasteiger partial charge >= 0.3 is 0 Å². The zero-order valence-corrected chi connectivity index (χ0v) is 12.9. The Labute approximate surface area is 116 Å². The summed E-state index contributed by atoms with van der Waals surface area (Å²) in [6.45, 7) is 20.9. The van der Waals surface area contributed by atoms with Crippen molar-refractivity contribution < 1.29 is 0 Å². The van der Waals surface area contributed by atoms with E-state index in [-0.39, 0.29) is 7.43 Å². The fourth-order valence-electron chi connectivity index (χ4n) is 0.448. The minimum Gasteiger partial charge on any atom is -0.262 e. The van der Waals surface area contributed by atoms with Crippen molar-refractivity contribution in [2.45, 2.75) is 62.3 Å². The highest BCUT2D eigenvalue weighted by molar-refractivity contribution is 4.99. The van der Waals surface area contributed by atoms with Crippen LogP contribution in [-0.4, -0.2) is 4.98 Å². The molecule has 1 heterocycles. The third-order valence-electron chi connectivity index (χ3n) is 1.87. The van der Waals surface area contributed by atoms with E-state index in [4.69, 9.17) is 0 Å². The highest BCUT2D eigenvalue weighted by Gasteiger charge is 2.03. The van der Waals surface area contributed by atoms with Gasteiger partial charge in [0.05, 0.1) is 0 Å². The summed E-state index contributed by atoms with van der Waals surface area (Å²) < 4.78 is 0. The van der Waals surface area contributed by atoms with Crippen molar-refractivity contribution in [2.75, 3.05) is 0 Å². The molecular formula is C17H35N. The quantitative estimate of drug-likeness (QED) is 0.495. The van der Waals surface area contributed by atoms with Gasteiger partial charge in [-0.15, -0.1) is 13.2 Å². The molecule has 0 aliphatic heterocycles. The molecule has 0 aromatic carbocycles. The molecule has 0 N–H and O–H groups in total. The van der Waals surface area contributed by atoms with Crippen molar-refractivity contribution in [1.29, 1.82) is 0 Å². The van der Waals surface area contributed by atoms with Crippen LogP contribution in [0, 0.1) is 12.3 Å². The first kappa shape index (κ1) is 25.7. The number of aryl methyl sites for hydroxylation is 1. The van der Waals surface area contributed by atoms with Gasteiger partial charge in [0.25, 0.3) is 0 Å². The Kier molecular flexibility index (Phi) is 26.0. The Morgan fingerprint density at radius 3 is 1.61 bits per heavy atom. The molecule has 0 fully saturated rings. The fourth-order valence-corrected chi connectivity index (χ4v) is 0.448. The zero-order chi connectivity index (χ0) is 14.3. The summed E-state index contributed by atoms with van der Waals surface area (Å²) in [7, 11) is 0. The molecule has 1 aromatic heterocycles. The molecule has 0 unspecified atom stereocenters. The van der Waals surface area contributed by atoms with Gasteiger partial charge in [0.1, 0.15) is 0 Å². The highest BCUT2D eigenvalue weighted by Crippen LogP contribution is 2.16. The Bertz CT molecular complexity index is 221. The molecule has 0 saturated carbocycles. The molecule has 108 valence electrons. The molecule has 18 heavy (non-hydrogen) atoms. The molecule has 0 saturated heterocycles. The van der Waals surface area contributed by atoms with Crippen LogP contribution >= 0.6 is 0 Å². The lowest BCUT2D eigenvalue weighted by molar-refractivity contribution is 0.398. The topological polar surface area (TPSA) is 12.9 Å². The number of pyridine rings is 1. The first-order valence-corrected chi connectivity index (χ1v) is 6.33. The van der Waals surface area contributed by atoms with Crippen LogP contribution in [0.25, 0.3) is 0 Å². The van der Waals surface area contributed by atoms with E-state index in [0.717, 1.165) is 5.69 Å². The van der Waals surface area contributed by atoms with Crippen LogP contribution in [0.15, 0.2) is 37.6 Å². The van der Waals surface area contributed by atoms with E-state index in [9.17, 15) is 0 Å². The van der Waals surface area contributed by atoms with E-state index in [0.29, 0.717) is 5.41 Å². The molecule has 1 heteroatoms. The lowest BCUT2D eigenvalue weighted by atomic mass is 9.94. The molecule has 0 radical (unpaired) electrons.